The van der Waals surface area contributed by atoms with Gasteiger partial charge in [-0.3, -0.25) is 0 Å². The summed E-state index contributed by atoms with van der Waals surface area (Å²) >= 11 is 1.78. The van der Waals surface area contributed by atoms with E-state index in [0.29, 0.717) is 0 Å². The lowest BCUT2D eigenvalue weighted by Crippen LogP contribution is -1.87. The molecule has 0 aliphatic carbocycles. The second-order valence-corrected chi connectivity index (χ2v) is 5.55. The molecule has 3 aromatic rings. The van der Waals surface area contributed by atoms with Crippen molar-refractivity contribution < 1.29 is 0 Å². The van der Waals surface area contributed by atoms with Crippen molar-refractivity contribution in [2.45, 2.75) is 10.6 Å². The molecule has 0 spiro atoms. The third kappa shape index (κ3) is 2.54. The van der Waals surface area contributed by atoms with Crippen LogP contribution in [0.2, 0.25) is 0 Å². The number of hydrogen-bond acceptors (Lipinski definition) is 2. The van der Waals surface area contributed by atoms with E-state index < -0.39 is 0 Å². The Balaban J connectivity index is 1.89. The maximum Gasteiger partial charge on any atom is 0.0994 e. The van der Waals surface area contributed by atoms with Crippen molar-refractivity contribution in [2.24, 2.45) is 0 Å². The Hall–Kier alpha value is -2.24. The highest BCUT2D eigenvalue weighted by Crippen LogP contribution is 2.30. The Morgan fingerprint density at radius 3 is 2.50 bits per heavy atom. The monoisotopic (exact) mass is 275 g/mol. The van der Waals surface area contributed by atoms with Gasteiger partial charge in [-0.15, -0.1) is 11.8 Å². The van der Waals surface area contributed by atoms with Crippen molar-refractivity contribution in [1.82, 2.24) is 0 Å². The van der Waals surface area contributed by atoms with Gasteiger partial charge in [0, 0.05) is 10.6 Å². The van der Waals surface area contributed by atoms with Gasteiger partial charge >= 0.3 is 0 Å². The van der Waals surface area contributed by atoms with Crippen molar-refractivity contribution in [3.63, 3.8) is 0 Å². The number of rotatable bonds is 3. The molecule has 1 nitrogen and oxygen atoms in total. The van der Waals surface area contributed by atoms with E-state index in [9.17, 15) is 0 Å². The highest BCUT2D eigenvalue weighted by atomic mass is 32.2. The van der Waals surface area contributed by atoms with Crippen LogP contribution in [0.3, 0.4) is 0 Å². The maximum absolute atomic E-state index is 9.13. The zero-order chi connectivity index (χ0) is 13.8. The minimum atomic E-state index is 0.764. The van der Waals surface area contributed by atoms with E-state index in [1.165, 1.54) is 15.7 Å². The number of thioether (sulfide) groups is 1. The van der Waals surface area contributed by atoms with Gasteiger partial charge in [-0.2, -0.15) is 5.26 Å². The molecular weight excluding hydrogens is 262 g/mol. The molecule has 0 heterocycles. The molecular formula is C18H13NS. The van der Waals surface area contributed by atoms with E-state index in [-0.39, 0.29) is 0 Å². The first-order chi connectivity index (χ1) is 9.88. The van der Waals surface area contributed by atoms with Crippen LogP contribution in [0.15, 0.2) is 71.6 Å². The lowest BCUT2D eigenvalue weighted by molar-refractivity contribution is 1.35. The second-order valence-electron chi connectivity index (χ2n) is 4.53. The molecule has 0 saturated heterocycles. The molecule has 0 amide bonds. The zero-order valence-electron chi connectivity index (χ0n) is 10.9. The first kappa shape index (κ1) is 12.8. The molecule has 96 valence electrons. The molecule has 0 unspecified atom stereocenters. The van der Waals surface area contributed by atoms with E-state index in [4.69, 9.17) is 5.26 Å². The van der Waals surface area contributed by atoms with Gasteiger partial charge in [0.25, 0.3) is 0 Å². The van der Waals surface area contributed by atoms with Crippen molar-refractivity contribution >= 4 is 22.5 Å². The Kier molecular flexibility index (Phi) is 3.71. The molecule has 0 aromatic heterocycles. The summed E-state index contributed by atoms with van der Waals surface area (Å²) in [6.07, 6.45) is 0. The normalized spacial score (nSPS) is 10.3. The molecule has 0 aliphatic rings. The standard InChI is InChI=1S/C18H13NS/c19-12-15-7-1-2-8-16(15)13-20-18-11-5-9-14-6-3-4-10-17(14)18/h1-11H,13H2. The fraction of sp³-hybridized carbons (Fsp3) is 0.0556. The Labute approximate surface area is 122 Å². The fourth-order valence-corrected chi connectivity index (χ4v) is 3.31. The zero-order valence-corrected chi connectivity index (χ0v) is 11.7. The summed E-state index contributed by atoms with van der Waals surface area (Å²) in [6.45, 7) is 0. The molecule has 2 heteroatoms. The minimum Gasteiger partial charge on any atom is -0.192 e. The molecule has 20 heavy (non-hydrogen) atoms. The van der Waals surface area contributed by atoms with Gasteiger partial charge in [0.1, 0.15) is 0 Å². The van der Waals surface area contributed by atoms with Crippen LogP contribution in [0.4, 0.5) is 0 Å². The van der Waals surface area contributed by atoms with Crippen LogP contribution in [0.5, 0.6) is 0 Å². The summed E-state index contributed by atoms with van der Waals surface area (Å²) in [5.74, 6) is 0.817. The van der Waals surface area contributed by atoms with Gasteiger partial charge in [-0.05, 0) is 28.5 Å². The Morgan fingerprint density at radius 1 is 0.850 bits per heavy atom. The largest absolute Gasteiger partial charge is 0.192 e. The van der Waals surface area contributed by atoms with E-state index in [2.05, 4.69) is 48.5 Å². The van der Waals surface area contributed by atoms with Gasteiger partial charge in [-0.1, -0.05) is 54.6 Å². The van der Waals surface area contributed by atoms with Gasteiger partial charge in [-0.25, -0.2) is 0 Å². The number of nitriles is 1. The average Bonchev–Trinajstić information content (AvgIpc) is 2.53. The number of fused-ring (bicyclic) bond motifs is 1. The summed E-state index contributed by atoms with van der Waals surface area (Å²) in [5.41, 5.74) is 1.85. The van der Waals surface area contributed by atoms with Crippen molar-refractivity contribution in [2.75, 3.05) is 0 Å². The van der Waals surface area contributed by atoms with E-state index in [1.54, 1.807) is 11.8 Å². The highest BCUT2D eigenvalue weighted by Gasteiger charge is 2.04. The van der Waals surface area contributed by atoms with Gasteiger partial charge < -0.3 is 0 Å². The summed E-state index contributed by atoms with van der Waals surface area (Å²) in [5, 5.41) is 11.7. The van der Waals surface area contributed by atoms with Gasteiger partial charge in [0.05, 0.1) is 11.6 Å². The third-order valence-electron chi connectivity index (χ3n) is 3.27. The lowest BCUT2D eigenvalue weighted by Gasteiger charge is -2.07. The van der Waals surface area contributed by atoms with Crippen LogP contribution in [0.1, 0.15) is 11.1 Å². The first-order valence-electron chi connectivity index (χ1n) is 6.47. The fourth-order valence-electron chi connectivity index (χ4n) is 2.23. The number of benzene rings is 3. The quantitative estimate of drug-likeness (QED) is 0.628. The molecule has 0 N–H and O–H groups in total. The number of nitrogens with zero attached hydrogens (tertiary/aromatic N) is 1. The summed E-state index contributed by atoms with van der Waals surface area (Å²) in [6, 6.07) is 24.8. The second kappa shape index (κ2) is 5.81. The highest BCUT2D eigenvalue weighted by molar-refractivity contribution is 7.98. The average molecular weight is 275 g/mol. The van der Waals surface area contributed by atoms with E-state index >= 15 is 0 Å². The Bertz CT molecular complexity index is 781. The van der Waals surface area contributed by atoms with Gasteiger partial charge in [0.15, 0.2) is 0 Å². The molecule has 3 aromatic carbocycles. The molecule has 0 fully saturated rings. The summed E-state index contributed by atoms with van der Waals surface area (Å²) in [4.78, 5) is 1.26. The third-order valence-corrected chi connectivity index (χ3v) is 4.39. The predicted octanol–water partition coefficient (Wildman–Crippen LogP) is 5.00. The SMILES string of the molecule is N#Cc1ccccc1CSc1cccc2ccccc12. The van der Waals surface area contributed by atoms with Gasteiger partial charge in [0.2, 0.25) is 0 Å². The molecule has 0 atom stereocenters. The molecule has 0 aliphatic heterocycles. The van der Waals surface area contributed by atoms with Crippen LogP contribution >= 0.6 is 11.8 Å². The molecule has 3 rings (SSSR count). The molecule has 0 bridgehead atoms. The maximum atomic E-state index is 9.13. The number of hydrogen-bond donors (Lipinski definition) is 0. The van der Waals surface area contributed by atoms with E-state index in [0.717, 1.165) is 16.9 Å². The topological polar surface area (TPSA) is 23.8 Å². The first-order valence-corrected chi connectivity index (χ1v) is 7.45. The summed E-state index contributed by atoms with van der Waals surface area (Å²) in [7, 11) is 0. The lowest BCUT2D eigenvalue weighted by atomic mass is 10.1. The van der Waals surface area contributed by atoms with Crippen LogP contribution in [-0.2, 0) is 5.75 Å². The predicted molar refractivity (Wildman–Crippen MR) is 84.7 cm³/mol. The molecule has 0 radical (unpaired) electrons. The Morgan fingerprint density at radius 2 is 1.60 bits per heavy atom. The smallest absolute Gasteiger partial charge is 0.0994 e. The summed E-state index contributed by atoms with van der Waals surface area (Å²) < 4.78 is 0. The van der Waals surface area contributed by atoms with Crippen molar-refractivity contribution in [1.29, 1.82) is 5.26 Å². The van der Waals surface area contributed by atoms with Crippen LogP contribution in [0, 0.1) is 11.3 Å². The van der Waals surface area contributed by atoms with Crippen molar-refractivity contribution in [3.05, 3.63) is 77.9 Å². The minimum absolute atomic E-state index is 0.764. The van der Waals surface area contributed by atoms with Crippen LogP contribution < -0.4 is 0 Å². The molecule has 0 saturated carbocycles. The van der Waals surface area contributed by atoms with Crippen molar-refractivity contribution in [3.8, 4) is 6.07 Å². The van der Waals surface area contributed by atoms with Crippen LogP contribution in [0.25, 0.3) is 10.8 Å². The van der Waals surface area contributed by atoms with Crippen LogP contribution in [-0.4, -0.2) is 0 Å². The van der Waals surface area contributed by atoms with E-state index in [1.807, 2.05) is 24.3 Å².